The normalized spacial score (nSPS) is 15.1. The monoisotopic (exact) mass is 372 g/mol. The number of carbonyl (C=O) groups is 2. The number of aryl methyl sites for hydroxylation is 3. The number of likely N-dealkylation sites (tertiary alicyclic amines) is 1. The predicted molar refractivity (Wildman–Crippen MR) is 102 cm³/mol. The summed E-state index contributed by atoms with van der Waals surface area (Å²) in [6.45, 7) is 7.82. The van der Waals surface area contributed by atoms with Crippen molar-refractivity contribution in [3.63, 3.8) is 0 Å². The van der Waals surface area contributed by atoms with E-state index in [0.29, 0.717) is 36.1 Å². The fourth-order valence-corrected chi connectivity index (χ4v) is 3.85. The summed E-state index contributed by atoms with van der Waals surface area (Å²) in [5.41, 5.74) is 3.51. The zero-order valence-electron chi connectivity index (χ0n) is 15.4. The van der Waals surface area contributed by atoms with Crippen LogP contribution in [0.5, 0.6) is 0 Å². The second-order valence-electron chi connectivity index (χ2n) is 6.95. The SMILES string of the molecule is Cc1ccc(C)c(C(=O)NCC2CCN(C(=O)c3snnc3C)CC2)c1. The highest BCUT2D eigenvalue weighted by molar-refractivity contribution is 7.07. The molecule has 7 heteroatoms. The van der Waals surface area contributed by atoms with Gasteiger partial charge in [-0.05, 0) is 62.7 Å². The Balaban J connectivity index is 1.50. The molecule has 1 N–H and O–H groups in total. The van der Waals surface area contributed by atoms with E-state index in [0.717, 1.165) is 41.1 Å². The van der Waals surface area contributed by atoms with E-state index in [1.165, 1.54) is 0 Å². The van der Waals surface area contributed by atoms with Crippen molar-refractivity contribution in [2.45, 2.75) is 33.6 Å². The van der Waals surface area contributed by atoms with Crippen molar-refractivity contribution in [1.29, 1.82) is 0 Å². The van der Waals surface area contributed by atoms with Crippen molar-refractivity contribution in [2.24, 2.45) is 5.92 Å². The third kappa shape index (κ3) is 4.09. The molecule has 1 aliphatic rings. The first-order valence-corrected chi connectivity index (χ1v) is 9.66. The van der Waals surface area contributed by atoms with E-state index in [4.69, 9.17) is 0 Å². The number of nitrogens with zero attached hydrogens (tertiary/aromatic N) is 3. The van der Waals surface area contributed by atoms with Gasteiger partial charge in [-0.1, -0.05) is 22.2 Å². The fourth-order valence-electron chi connectivity index (χ4n) is 3.22. The molecule has 0 spiro atoms. The highest BCUT2D eigenvalue weighted by Gasteiger charge is 2.26. The Morgan fingerprint density at radius 3 is 2.62 bits per heavy atom. The minimum atomic E-state index is -0.0175. The molecule has 0 radical (unpaired) electrons. The molecule has 2 amide bonds. The Bertz CT molecular complexity index is 810. The summed E-state index contributed by atoms with van der Waals surface area (Å²) in [5.74, 6) is 0.403. The van der Waals surface area contributed by atoms with Gasteiger partial charge in [0.1, 0.15) is 4.88 Å². The van der Waals surface area contributed by atoms with E-state index >= 15 is 0 Å². The number of carbonyl (C=O) groups excluding carboxylic acids is 2. The lowest BCUT2D eigenvalue weighted by molar-refractivity contribution is 0.0688. The maximum absolute atomic E-state index is 12.5. The standard InChI is InChI=1S/C19H24N4O2S/c1-12-4-5-13(2)16(10-12)18(24)20-11-15-6-8-23(9-7-15)19(25)17-14(3)21-22-26-17/h4-5,10,15H,6-9,11H2,1-3H3,(H,20,24). The van der Waals surface area contributed by atoms with Gasteiger partial charge in [-0.25, -0.2) is 0 Å². The number of piperidine rings is 1. The van der Waals surface area contributed by atoms with E-state index in [1.807, 2.05) is 43.9 Å². The summed E-state index contributed by atoms with van der Waals surface area (Å²) in [6, 6.07) is 5.92. The number of benzene rings is 1. The molecule has 0 saturated carbocycles. The van der Waals surface area contributed by atoms with Gasteiger partial charge in [0.2, 0.25) is 0 Å². The lowest BCUT2D eigenvalue weighted by Crippen LogP contribution is -2.41. The minimum absolute atomic E-state index is 0.0175. The van der Waals surface area contributed by atoms with Gasteiger partial charge >= 0.3 is 0 Å². The molecule has 0 unspecified atom stereocenters. The predicted octanol–water partition coefficient (Wildman–Crippen LogP) is 2.75. The molecule has 6 nitrogen and oxygen atoms in total. The highest BCUT2D eigenvalue weighted by Crippen LogP contribution is 2.21. The topological polar surface area (TPSA) is 75.2 Å². The van der Waals surface area contributed by atoms with Gasteiger partial charge in [-0.3, -0.25) is 9.59 Å². The van der Waals surface area contributed by atoms with Gasteiger partial charge in [0.05, 0.1) is 5.69 Å². The molecule has 3 rings (SSSR count). The molecular formula is C19H24N4O2S. The van der Waals surface area contributed by atoms with Gasteiger partial charge in [-0.15, -0.1) is 5.10 Å². The van der Waals surface area contributed by atoms with Crippen LogP contribution < -0.4 is 5.32 Å². The number of aromatic nitrogens is 2. The molecular weight excluding hydrogens is 348 g/mol. The molecule has 26 heavy (non-hydrogen) atoms. The number of rotatable bonds is 4. The highest BCUT2D eigenvalue weighted by atomic mass is 32.1. The van der Waals surface area contributed by atoms with Crippen LogP contribution in [0.1, 0.15) is 49.7 Å². The van der Waals surface area contributed by atoms with Crippen LogP contribution in [0, 0.1) is 26.7 Å². The summed E-state index contributed by atoms with van der Waals surface area (Å²) in [6.07, 6.45) is 1.79. The van der Waals surface area contributed by atoms with Crippen molar-refractivity contribution >= 4 is 23.3 Å². The molecule has 0 bridgehead atoms. The Morgan fingerprint density at radius 2 is 1.96 bits per heavy atom. The van der Waals surface area contributed by atoms with Crippen LogP contribution >= 0.6 is 11.5 Å². The maximum atomic E-state index is 12.5. The number of amides is 2. The van der Waals surface area contributed by atoms with Crippen LogP contribution in [0.3, 0.4) is 0 Å². The van der Waals surface area contributed by atoms with Crippen molar-refractivity contribution in [1.82, 2.24) is 19.8 Å². The Labute approximate surface area is 157 Å². The first-order valence-electron chi connectivity index (χ1n) is 8.89. The van der Waals surface area contributed by atoms with Gasteiger partial charge in [0.15, 0.2) is 0 Å². The first kappa shape index (κ1) is 18.5. The molecule has 2 heterocycles. The summed E-state index contributed by atoms with van der Waals surface area (Å²) in [5, 5.41) is 6.97. The zero-order chi connectivity index (χ0) is 18.7. The van der Waals surface area contributed by atoms with Crippen molar-refractivity contribution in [3.05, 3.63) is 45.5 Å². The molecule has 2 aromatic rings. The molecule has 0 atom stereocenters. The summed E-state index contributed by atoms with van der Waals surface area (Å²) >= 11 is 1.16. The number of hydrogen-bond acceptors (Lipinski definition) is 5. The lowest BCUT2D eigenvalue weighted by Gasteiger charge is -2.31. The van der Waals surface area contributed by atoms with E-state index in [-0.39, 0.29) is 11.8 Å². The van der Waals surface area contributed by atoms with Crippen LogP contribution in [-0.4, -0.2) is 45.9 Å². The number of nitrogens with one attached hydrogen (secondary N) is 1. The van der Waals surface area contributed by atoms with E-state index in [2.05, 4.69) is 14.9 Å². The van der Waals surface area contributed by atoms with Crippen LogP contribution in [0.25, 0.3) is 0 Å². The second kappa shape index (κ2) is 7.95. The minimum Gasteiger partial charge on any atom is -0.352 e. The van der Waals surface area contributed by atoms with Crippen molar-refractivity contribution < 1.29 is 9.59 Å². The summed E-state index contributed by atoms with van der Waals surface area (Å²) in [4.78, 5) is 27.4. The fraction of sp³-hybridized carbons (Fsp3) is 0.474. The molecule has 138 valence electrons. The zero-order valence-corrected chi connectivity index (χ0v) is 16.2. The molecule has 1 aromatic carbocycles. The number of hydrogen-bond donors (Lipinski definition) is 1. The van der Waals surface area contributed by atoms with E-state index in [9.17, 15) is 9.59 Å². The van der Waals surface area contributed by atoms with E-state index in [1.54, 1.807) is 0 Å². The molecule has 1 fully saturated rings. The smallest absolute Gasteiger partial charge is 0.267 e. The van der Waals surface area contributed by atoms with Gasteiger partial charge < -0.3 is 10.2 Å². The quantitative estimate of drug-likeness (QED) is 0.895. The van der Waals surface area contributed by atoms with Crippen LogP contribution in [0.15, 0.2) is 18.2 Å². The molecule has 1 aromatic heterocycles. The summed E-state index contributed by atoms with van der Waals surface area (Å²) < 4.78 is 3.84. The van der Waals surface area contributed by atoms with Crippen LogP contribution in [0.2, 0.25) is 0 Å². The van der Waals surface area contributed by atoms with Crippen LogP contribution in [-0.2, 0) is 0 Å². The van der Waals surface area contributed by atoms with E-state index < -0.39 is 0 Å². The lowest BCUT2D eigenvalue weighted by atomic mass is 9.96. The molecule has 1 saturated heterocycles. The largest absolute Gasteiger partial charge is 0.352 e. The second-order valence-corrected chi connectivity index (χ2v) is 7.71. The Hall–Kier alpha value is -2.28. The van der Waals surface area contributed by atoms with Crippen molar-refractivity contribution in [2.75, 3.05) is 19.6 Å². The third-order valence-corrected chi connectivity index (χ3v) is 5.75. The molecule has 1 aliphatic heterocycles. The Morgan fingerprint density at radius 1 is 1.23 bits per heavy atom. The third-order valence-electron chi connectivity index (χ3n) is 4.94. The Kier molecular flexibility index (Phi) is 5.66. The summed E-state index contributed by atoms with van der Waals surface area (Å²) in [7, 11) is 0. The average Bonchev–Trinajstić information content (AvgIpc) is 3.07. The maximum Gasteiger partial charge on any atom is 0.267 e. The average molecular weight is 372 g/mol. The first-order chi connectivity index (χ1) is 12.5. The van der Waals surface area contributed by atoms with Gasteiger partial charge in [0, 0.05) is 25.2 Å². The van der Waals surface area contributed by atoms with Crippen LogP contribution in [0.4, 0.5) is 0 Å². The van der Waals surface area contributed by atoms with Crippen molar-refractivity contribution in [3.8, 4) is 0 Å². The van der Waals surface area contributed by atoms with Gasteiger partial charge in [-0.2, -0.15) is 0 Å². The molecule has 0 aliphatic carbocycles. The van der Waals surface area contributed by atoms with Gasteiger partial charge in [0.25, 0.3) is 11.8 Å².